The third-order valence-corrected chi connectivity index (χ3v) is 7.74. The van der Waals surface area contributed by atoms with Crippen molar-refractivity contribution in [3.05, 3.63) is 71.0 Å². The monoisotopic (exact) mass is 468 g/mol. The van der Waals surface area contributed by atoms with Crippen molar-refractivity contribution in [3.8, 4) is 0 Å². The number of carbonyl (C=O) groups excluding carboxylic acids is 1. The second-order valence-corrected chi connectivity index (χ2v) is 10.6. The highest BCUT2D eigenvalue weighted by Gasteiger charge is 2.33. The average Bonchev–Trinajstić information content (AvgIpc) is 3.23. The van der Waals surface area contributed by atoms with Crippen LogP contribution >= 0.6 is 0 Å². The molecule has 10 heteroatoms. The second-order valence-electron chi connectivity index (χ2n) is 8.62. The molecule has 2 N–H and O–H groups in total. The minimum Gasteiger partial charge on any atom is -0.369 e. The lowest BCUT2D eigenvalue weighted by Crippen LogP contribution is -2.41. The largest absolute Gasteiger partial charge is 0.369 e. The first-order chi connectivity index (χ1) is 15.7. The van der Waals surface area contributed by atoms with Gasteiger partial charge in [0, 0.05) is 5.92 Å². The van der Waals surface area contributed by atoms with Crippen LogP contribution in [0.15, 0.2) is 53.4 Å². The molecule has 1 aromatic heterocycles. The molecule has 1 aliphatic rings. The number of amides is 1. The van der Waals surface area contributed by atoms with Gasteiger partial charge in [-0.15, -0.1) is 5.10 Å². The Morgan fingerprint density at radius 2 is 1.61 bits per heavy atom. The van der Waals surface area contributed by atoms with Crippen LogP contribution in [0.5, 0.6) is 0 Å². The highest BCUT2D eigenvalue weighted by molar-refractivity contribution is 7.90. The Hall–Kier alpha value is -3.11. The van der Waals surface area contributed by atoms with Crippen LogP contribution in [0.4, 0.5) is 0 Å². The molecule has 0 saturated carbocycles. The molecule has 0 bridgehead atoms. The number of piperidine rings is 1. The summed E-state index contributed by atoms with van der Waals surface area (Å²) in [5.41, 5.74) is 8.57. The first-order valence-electron chi connectivity index (χ1n) is 10.9. The second kappa shape index (κ2) is 9.40. The number of carbonyl (C=O) groups is 1. The van der Waals surface area contributed by atoms with E-state index in [4.69, 9.17) is 5.73 Å². The molecule has 1 amide bonds. The van der Waals surface area contributed by atoms with E-state index in [1.54, 1.807) is 24.3 Å². The number of hydrogen-bond donors (Lipinski definition) is 1. The number of tetrazole rings is 1. The number of hydrogen-bond acceptors (Lipinski definition) is 7. The number of nitrogens with two attached hydrogens (primary N) is 1. The fourth-order valence-corrected chi connectivity index (χ4v) is 5.40. The summed E-state index contributed by atoms with van der Waals surface area (Å²) in [5, 5.41) is 12.1. The van der Waals surface area contributed by atoms with Crippen molar-refractivity contribution in [3.63, 3.8) is 0 Å². The maximum atomic E-state index is 13.1. The van der Waals surface area contributed by atoms with Gasteiger partial charge in [-0.25, -0.2) is 13.1 Å². The number of benzene rings is 2. The van der Waals surface area contributed by atoms with Crippen molar-refractivity contribution in [2.75, 3.05) is 13.1 Å². The summed E-state index contributed by atoms with van der Waals surface area (Å²) in [6, 6.07) is 14.4. The third kappa shape index (κ3) is 5.12. The molecule has 1 fully saturated rings. The van der Waals surface area contributed by atoms with Crippen LogP contribution < -0.4 is 5.73 Å². The van der Waals surface area contributed by atoms with Crippen molar-refractivity contribution < 1.29 is 13.2 Å². The van der Waals surface area contributed by atoms with Crippen LogP contribution in [0.3, 0.4) is 0 Å². The molecule has 2 heterocycles. The zero-order chi connectivity index (χ0) is 23.6. The van der Waals surface area contributed by atoms with E-state index in [1.165, 1.54) is 4.68 Å². The number of rotatable bonds is 7. The molecule has 0 aliphatic carbocycles. The predicted molar refractivity (Wildman–Crippen MR) is 123 cm³/mol. The fourth-order valence-electron chi connectivity index (χ4n) is 4.19. The molecule has 4 rings (SSSR count). The highest BCUT2D eigenvalue weighted by atomic mass is 32.2. The van der Waals surface area contributed by atoms with Crippen molar-refractivity contribution in [1.29, 1.82) is 0 Å². The van der Waals surface area contributed by atoms with E-state index in [1.807, 2.05) is 38.1 Å². The van der Waals surface area contributed by atoms with Gasteiger partial charge in [-0.2, -0.15) is 0 Å². The Bertz CT molecular complexity index is 1210. The molecule has 3 aromatic rings. The van der Waals surface area contributed by atoms with Gasteiger partial charge in [0.25, 0.3) is 0 Å². The summed E-state index contributed by atoms with van der Waals surface area (Å²) in [6.45, 7) is 5.17. The van der Waals surface area contributed by atoms with Crippen LogP contribution in [0, 0.1) is 19.8 Å². The van der Waals surface area contributed by atoms with Gasteiger partial charge in [0.15, 0.2) is 21.5 Å². The van der Waals surface area contributed by atoms with Crippen LogP contribution in [-0.4, -0.2) is 52.5 Å². The molecule has 1 saturated heterocycles. The van der Waals surface area contributed by atoms with Crippen LogP contribution in [0.2, 0.25) is 0 Å². The third-order valence-electron chi connectivity index (χ3n) is 6.17. The van der Waals surface area contributed by atoms with Crippen LogP contribution in [0.1, 0.15) is 41.4 Å². The molecule has 9 nitrogen and oxygen atoms in total. The van der Waals surface area contributed by atoms with Crippen molar-refractivity contribution >= 4 is 15.7 Å². The Balaban J connectivity index is 1.67. The summed E-state index contributed by atoms with van der Waals surface area (Å²) < 4.78 is 27.5. The predicted octanol–water partition coefficient (Wildman–Crippen LogP) is 2.01. The maximum absolute atomic E-state index is 13.1. The number of sulfone groups is 1. The first kappa shape index (κ1) is 23.1. The topological polar surface area (TPSA) is 124 Å². The number of likely N-dealkylation sites (tertiary alicyclic amines) is 1. The number of aryl methyl sites for hydroxylation is 2. The van der Waals surface area contributed by atoms with E-state index in [0.29, 0.717) is 31.8 Å². The van der Waals surface area contributed by atoms with E-state index >= 15 is 0 Å². The first-order valence-corrected chi connectivity index (χ1v) is 12.6. The van der Waals surface area contributed by atoms with E-state index < -0.39 is 9.84 Å². The van der Waals surface area contributed by atoms with Gasteiger partial charge in [-0.05, 0) is 67.9 Å². The standard InChI is InChI=1S/C23H28N6O3S/c1-16-3-7-18(8-4-16)21(28-13-11-19(12-14-28)22(24)30)23-25-26-27-29(23)15-33(31,32)20-9-5-17(2)6-10-20/h3-10,19,21H,11-15H2,1-2H3,(H2,24,30)/t21-/m1/s1. The maximum Gasteiger partial charge on any atom is 0.220 e. The Morgan fingerprint density at radius 1 is 1.03 bits per heavy atom. The zero-order valence-corrected chi connectivity index (χ0v) is 19.6. The van der Waals surface area contributed by atoms with E-state index in [2.05, 4.69) is 20.4 Å². The average molecular weight is 469 g/mol. The molecule has 0 radical (unpaired) electrons. The molecule has 2 aromatic carbocycles. The van der Waals surface area contributed by atoms with Crippen molar-refractivity contribution in [1.82, 2.24) is 25.1 Å². The van der Waals surface area contributed by atoms with E-state index in [-0.39, 0.29) is 28.6 Å². The van der Waals surface area contributed by atoms with Crippen molar-refractivity contribution in [2.45, 2.75) is 43.5 Å². The molecule has 0 unspecified atom stereocenters. The summed E-state index contributed by atoms with van der Waals surface area (Å²) in [4.78, 5) is 14.0. The van der Waals surface area contributed by atoms with E-state index in [0.717, 1.165) is 16.7 Å². The normalized spacial score (nSPS) is 16.5. The molecule has 0 spiro atoms. The Labute approximate surface area is 193 Å². The Kier molecular flexibility index (Phi) is 6.57. The van der Waals surface area contributed by atoms with Gasteiger partial charge in [0.1, 0.15) is 0 Å². The molecular weight excluding hydrogens is 440 g/mol. The summed E-state index contributed by atoms with van der Waals surface area (Å²) in [7, 11) is -3.65. The summed E-state index contributed by atoms with van der Waals surface area (Å²) >= 11 is 0. The number of aromatic nitrogens is 4. The minimum absolute atomic E-state index is 0.155. The fraction of sp³-hybridized carbons (Fsp3) is 0.391. The van der Waals surface area contributed by atoms with Crippen molar-refractivity contribution in [2.24, 2.45) is 11.7 Å². The molecular formula is C23H28N6O3S. The summed E-state index contributed by atoms with van der Waals surface area (Å²) in [5.74, 6) is -0.348. The number of primary amides is 1. The van der Waals surface area contributed by atoms with Gasteiger partial charge in [0.05, 0.1) is 10.9 Å². The van der Waals surface area contributed by atoms with Gasteiger partial charge < -0.3 is 5.73 Å². The molecule has 1 atom stereocenters. The van der Waals surface area contributed by atoms with Crippen LogP contribution in [0.25, 0.3) is 0 Å². The number of nitrogens with zero attached hydrogens (tertiary/aromatic N) is 5. The van der Waals surface area contributed by atoms with E-state index in [9.17, 15) is 13.2 Å². The molecule has 33 heavy (non-hydrogen) atoms. The summed E-state index contributed by atoms with van der Waals surface area (Å²) in [6.07, 6.45) is 1.28. The van der Waals surface area contributed by atoms with Gasteiger partial charge in [-0.1, -0.05) is 47.5 Å². The minimum atomic E-state index is -3.65. The smallest absolute Gasteiger partial charge is 0.220 e. The lowest BCUT2D eigenvalue weighted by Gasteiger charge is -2.36. The van der Waals surface area contributed by atoms with Gasteiger partial charge in [0.2, 0.25) is 5.91 Å². The van der Waals surface area contributed by atoms with Crippen LogP contribution in [-0.2, 0) is 20.5 Å². The van der Waals surface area contributed by atoms with Gasteiger partial charge >= 0.3 is 0 Å². The molecule has 1 aliphatic heterocycles. The highest BCUT2D eigenvalue weighted by Crippen LogP contribution is 2.32. The lowest BCUT2D eigenvalue weighted by molar-refractivity contribution is -0.123. The molecule has 174 valence electrons. The SMILES string of the molecule is Cc1ccc([C@H](c2nnnn2CS(=O)(=O)c2ccc(C)cc2)N2CCC(C(N)=O)CC2)cc1. The van der Waals surface area contributed by atoms with Gasteiger partial charge in [-0.3, -0.25) is 9.69 Å². The lowest BCUT2D eigenvalue weighted by atomic mass is 9.93. The Morgan fingerprint density at radius 3 is 2.18 bits per heavy atom. The zero-order valence-electron chi connectivity index (χ0n) is 18.8. The quantitative estimate of drug-likeness (QED) is 0.562.